The molecule has 1 amide bonds. The van der Waals surface area contributed by atoms with E-state index in [9.17, 15) is 18.4 Å². The highest BCUT2D eigenvalue weighted by Crippen LogP contribution is 2.51. The fourth-order valence-corrected chi connectivity index (χ4v) is 8.97. The number of aromatic amines is 1. The second-order valence-corrected chi connectivity index (χ2v) is 14.0. The summed E-state index contributed by atoms with van der Waals surface area (Å²) in [5.74, 6) is -1.34. The van der Waals surface area contributed by atoms with Crippen molar-refractivity contribution in [1.29, 1.82) is 0 Å². The van der Waals surface area contributed by atoms with Crippen LogP contribution in [0.3, 0.4) is 0 Å². The number of benzene rings is 2. The maximum Gasteiger partial charge on any atom is 0.434 e. The fourth-order valence-electron chi connectivity index (χ4n) is 7.81. The van der Waals surface area contributed by atoms with Crippen LogP contribution in [0.4, 0.5) is 19.0 Å². The van der Waals surface area contributed by atoms with E-state index in [4.69, 9.17) is 14.1 Å². The number of H-pyrrole nitrogens is 1. The minimum atomic E-state index is -1.36. The standard InChI is InChI=1S/C37H29F3N6O4S/c1-49-32-21-16-23(40)30(20(21)9-10-22(32)39)43-34-33-18(12-13-41-34)15-26(51-33)28-27(35-44-45-37(48)50-35)24(11-6-17-4-7-19(38)8-5-17)42-31-25-3-2-14-46(25)36(47)29(28)31/h4-5,7-10,12-13,15,23,25,30H,2-3,6,11,14,16H2,1H3,(H,41,43)(H,45,48)/t23-,25+,30+/m1/s1. The number of ether oxygens (including phenoxy) is 1. The van der Waals surface area contributed by atoms with Gasteiger partial charge in [-0.2, -0.15) is 0 Å². The van der Waals surface area contributed by atoms with Crippen LogP contribution in [0.25, 0.3) is 32.0 Å². The number of rotatable bonds is 8. The average Bonchev–Trinajstić information content (AvgIpc) is 3.96. The molecule has 6 heterocycles. The Morgan fingerprint density at radius 1 is 1.08 bits per heavy atom. The minimum absolute atomic E-state index is 0.00258. The molecule has 4 aromatic heterocycles. The van der Waals surface area contributed by atoms with Crippen molar-refractivity contribution in [2.24, 2.45) is 0 Å². The molecule has 14 heteroatoms. The van der Waals surface area contributed by atoms with Crippen LogP contribution in [0.1, 0.15) is 63.4 Å². The molecule has 1 fully saturated rings. The summed E-state index contributed by atoms with van der Waals surface area (Å²) in [6.07, 6.45) is 2.76. The van der Waals surface area contributed by atoms with E-state index >= 15 is 4.39 Å². The zero-order chi connectivity index (χ0) is 35.0. The number of fused-ring (bicyclic) bond motifs is 5. The first-order valence-electron chi connectivity index (χ1n) is 16.6. The van der Waals surface area contributed by atoms with Crippen LogP contribution in [0.5, 0.6) is 5.75 Å². The molecular formula is C37H29F3N6O4S. The minimum Gasteiger partial charge on any atom is -0.493 e. The molecule has 0 spiro atoms. The van der Waals surface area contributed by atoms with Crippen molar-refractivity contribution in [1.82, 2.24) is 25.1 Å². The van der Waals surface area contributed by atoms with Crippen molar-refractivity contribution >= 4 is 33.1 Å². The lowest BCUT2D eigenvalue weighted by molar-refractivity contribution is 0.0776. The van der Waals surface area contributed by atoms with Gasteiger partial charge in [0.1, 0.15) is 17.8 Å². The lowest BCUT2D eigenvalue weighted by atomic mass is 9.93. The molecule has 1 saturated heterocycles. The number of halogens is 3. The van der Waals surface area contributed by atoms with E-state index in [0.29, 0.717) is 74.0 Å². The zero-order valence-corrected chi connectivity index (χ0v) is 28.0. The highest BCUT2D eigenvalue weighted by atomic mass is 32.1. The van der Waals surface area contributed by atoms with Crippen molar-refractivity contribution in [2.75, 3.05) is 19.0 Å². The normalized spacial score (nSPS) is 19.1. The van der Waals surface area contributed by atoms with Crippen LogP contribution in [-0.2, 0) is 19.3 Å². The smallest absolute Gasteiger partial charge is 0.434 e. The quantitative estimate of drug-likeness (QED) is 0.171. The Balaban J connectivity index is 1.20. The van der Waals surface area contributed by atoms with Crippen molar-refractivity contribution in [3.8, 4) is 27.6 Å². The predicted octanol–water partition coefficient (Wildman–Crippen LogP) is 7.11. The van der Waals surface area contributed by atoms with Gasteiger partial charge in [0.25, 0.3) is 11.8 Å². The molecule has 9 rings (SSSR count). The van der Waals surface area contributed by atoms with E-state index in [2.05, 4.69) is 20.5 Å². The largest absolute Gasteiger partial charge is 0.493 e. The number of amides is 1. The molecule has 2 aliphatic heterocycles. The SMILES string of the molecule is COc1c(F)ccc2c1C[C@@H](F)[C@H]2Nc1nccc2cc(-c3c4c(nc(CCc5ccc(F)cc5)c3-c3n[nH]c(=O)o3)[C@@H]3CCCN3C4=O)sc12. The van der Waals surface area contributed by atoms with Gasteiger partial charge in [-0.3, -0.25) is 9.78 Å². The molecule has 3 atom stereocenters. The molecule has 258 valence electrons. The molecular weight excluding hydrogens is 682 g/mol. The number of carbonyl (C=O) groups excluding carboxylic acids is 1. The van der Waals surface area contributed by atoms with Crippen LogP contribution in [-0.4, -0.2) is 50.8 Å². The second kappa shape index (κ2) is 12.1. The number of aromatic nitrogens is 4. The topological polar surface area (TPSA) is 126 Å². The van der Waals surface area contributed by atoms with Gasteiger partial charge in [0.15, 0.2) is 11.6 Å². The summed E-state index contributed by atoms with van der Waals surface area (Å²) >= 11 is 1.36. The number of methoxy groups -OCH3 is 1. The van der Waals surface area contributed by atoms with Gasteiger partial charge in [-0.15, -0.1) is 16.4 Å². The van der Waals surface area contributed by atoms with Crippen molar-refractivity contribution in [3.05, 3.63) is 111 Å². The van der Waals surface area contributed by atoms with Crippen LogP contribution in [0, 0.1) is 11.6 Å². The maximum atomic E-state index is 15.6. The first-order valence-corrected chi connectivity index (χ1v) is 17.4. The first-order chi connectivity index (χ1) is 24.8. The molecule has 51 heavy (non-hydrogen) atoms. The van der Waals surface area contributed by atoms with Crippen molar-refractivity contribution in [2.45, 2.75) is 50.4 Å². The average molecular weight is 711 g/mol. The number of carbonyl (C=O) groups is 1. The molecule has 0 unspecified atom stereocenters. The summed E-state index contributed by atoms with van der Waals surface area (Å²) in [6, 6.07) is 11.9. The third-order valence-corrected chi connectivity index (χ3v) is 11.3. The number of alkyl halides is 1. The van der Waals surface area contributed by atoms with Crippen molar-refractivity contribution in [3.63, 3.8) is 0 Å². The van der Waals surface area contributed by atoms with Gasteiger partial charge in [-0.25, -0.2) is 28.0 Å². The second-order valence-electron chi connectivity index (χ2n) is 12.9. The highest BCUT2D eigenvalue weighted by Gasteiger charge is 2.45. The third-order valence-electron chi connectivity index (χ3n) is 10.1. The highest BCUT2D eigenvalue weighted by molar-refractivity contribution is 7.23. The summed E-state index contributed by atoms with van der Waals surface area (Å²) in [5.41, 5.74) is 4.61. The summed E-state index contributed by atoms with van der Waals surface area (Å²) in [5, 5.41) is 10.6. The Bertz CT molecular complexity index is 2430. The van der Waals surface area contributed by atoms with Gasteiger partial charge in [0, 0.05) is 35.2 Å². The summed E-state index contributed by atoms with van der Waals surface area (Å²) in [4.78, 5) is 38.7. The molecule has 1 aliphatic carbocycles. The van der Waals surface area contributed by atoms with E-state index in [0.717, 1.165) is 23.8 Å². The molecule has 0 saturated carbocycles. The first kappa shape index (κ1) is 31.5. The molecule has 10 nitrogen and oxygen atoms in total. The number of hydrogen-bond donors (Lipinski definition) is 2. The lowest BCUT2D eigenvalue weighted by Crippen LogP contribution is -2.22. The van der Waals surface area contributed by atoms with Crippen LogP contribution in [0.2, 0.25) is 0 Å². The zero-order valence-electron chi connectivity index (χ0n) is 27.1. The Hall–Kier alpha value is -5.50. The monoisotopic (exact) mass is 710 g/mol. The van der Waals surface area contributed by atoms with E-state index in [1.807, 2.05) is 17.0 Å². The maximum absolute atomic E-state index is 15.6. The van der Waals surface area contributed by atoms with E-state index in [1.54, 1.807) is 24.4 Å². The van der Waals surface area contributed by atoms with Crippen molar-refractivity contribution < 1.29 is 27.1 Å². The fraction of sp³-hybridized carbons (Fsp3) is 0.270. The van der Waals surface area contributed by atoms with E-state index < -0.39 is 23.8 Å². The number of nitrogens with one attached hydrogen (secondary N) is 2. The number of aryl methyl sites for hydroxylation is 2. The summed E-state index contributed by atoms with van der Waals surface area (Å²) < 4.78 is 55.3. The predicted molar refractivity (Wildman–Crippen MR) is 184 cm³/mol. The van der Waals surface area contributed by atoms with Gasteiger partial charge >= 0.3 is 5.76 Å². The third kappa shape index (κ3) is 5.10. The lowest BCUT2D eigenvalue weighted by Gasteiger charge is -2.18. The molecule has 0 bridgehead atoms. The van der Waals surface area contributed by atoms with Gasteiger partial charge in [-0.1, -0.05) is 18.2 Å². The molecule has 2 N–H and O–H groups in total. The van der Waals surface area contributed by atoms with Gasteiger partial charge < -0.3 is 19.4 Å². The van der Waals surface area contributed by atoms with Gasteiger partial charge in [0.2, 0.25) is 0 Å². The molecule has 3 aliphatic rings. The number of pyridine rings is 2. The summed E-state index contributed by atoms with van der Waals surface area (Å²) in [7, 11) is 1.36. The number of thiophene rings is 1. The molecule has 0 radical (unpaired) electrons. The van der Waals surface area contributed by atoms with Crippen LogP contribution in [0.15, 0.2) is 63.9 Å². The number of nitrogens with zero attached hydrogens (tertiary/aromatic N) is 4. The Labute approximate surface area is 292 Å². The van der Waals surface area contributed by atoms with Gasteiger partial charge in [-0.05, 0) is 72.5 Å². The number of anilines is 1. The van der Waals surface area contributed by atoms with Gasteiger partial charge in [0.05, 0.1) is 46.4 Å². The van der Waals surface area contributed by atoms with E-state index in [1.165, 1.54) is 36.6 Å². The Morgan fingerprint density at radius 2 is 1.92 bits per heavy atom. The molecule has 2 aromatic carbocycles. The molecule has 6 aromatic rings. The van der Waals surface area contributed by atoms with Crippen LogP contribution < -0.4 is 15.8 Å². The van der Waals surface area contributed by atoms with Crippen LogP contribution >= 0.6 is 11.3 Å². The number of hydrogen-bond acceptors (Lipinski definition) is 9. The van der Waals surface area contributed by atoms with E-state index in [-0.39, 0.29) is 35.8 Å². The summed E-state index contributed by atoms with van der Waals surface area (Å²) in [6.45, 7) is 0.601. The Kier molecular flexibility index (Phi) is 7.45. The Morgan fingerprint density at radius 3 is 2.71 bits per heavy atom.